The van der Waals surface area contributed by atoms with E-state index in [1.54, 1.807) is 7.11 Å². The van der Waals surface area contributed by atoms with E-state index >= 15 is 0 Å². The summed E-state index contributed by atoms with van der Waals surface area (Å²) in [5.41, 5.74) is 5.88. The fourth-order valence-electron chi connectivity index (χ4n) is 2.43. The second-order valence-corrected chi connectivity index (χ2v) is 5.91. The average molecular weight is 273 g/mol. The molecule has 0 aliphatic carbocycles. The summed E-state index contributed by atoms with van der Waals surface area (Å²) in [5, 5.41) is 2.18. The van der Waals surface area contributed by atoms with Crippen LogP contribution in [0.2, 0.25) is 0 Å². The molecule has 2 N–H and O–H groups in total. The highest BCUT2D eigenvalue weighted by Crippen LogP contribution is 2.31. The molecule has 2 aromatic rings. The molecule has 0 saturated heterocycles. The third kappa shape index (κ3) is 2.85. The Morgan fingerprint density at radius 1 is 1.25 bits per heavy atom. The molecule has 0 radical (unpaired) electrons. The highest BCUT2D eigenvalue weighted by molar-refractivity contribution is 5.96. The van der Waals surface area contributed by atoms with Gasteiger partial charge >= 0.3 is 0 Å². The number of rotatable bonds is 5. The molecule has 2 rings (SSSR count). The minimum absolute atomic E-state index is 0.0530. The van der Waals surface area contributed by atoms with Gasteiger partial charge < -0.3 is 15.4 Å². The zero-order valence-corrected chi connectivity index (χ0v) is 12.7. The second-order valence-electron chi connectivity index (χ2n) is 5.91. The standard InChI is InChI=1S/C16H23N3O/c1-16(2,10-17)11-19(3)15-13-6-5-7-14(20-4)12(13)8-9-18-15/h5-9H,10-11,17H2,1-4H3. The Bertz CT molecular complexity index is 595. The van der Waals surface area contributed by atoms with Crippen LogP contribution >= 0.6 is 0 Å². The SMILES string of the molecule is COc1cccc2c(N(C)CC(C)(C)CN)nccc12. The molecule has 0 atom stereocenters. The van der Waals surface area contributed by atoms with Gasteiger partial charge in [-0.1, -0.05) is 26.0 Å². The van der Waals surface area contributed by atoms with E-state index in [2.05, 4.69) is 36.8 Å². The van der Waals surface area contributed by atoms with Crippen LogP contribution < -0.4 is 15.4 Å². The van der Waals surface area contributed by atoms with Crippen LogP contribution in [0.4, 0.5) is 5.82 Å². The Kier molecular flexibility index (Phi) is 4.14. The van der Waals surface area contributed by atoms with Gasteiger partial charge in [-0.15, -0.1) is 0 Å². The van der Waals surface area contributed by atoms with Crippen molar-refractivity contribution in [2.75, 3.05) is 32.1 Å². The number of anilines is 1. The van der Waals surface area contributed by atoms with Crippen LogP contribution in [0.25, 0.3) is 10.8 Å². The minimum atomic E-state index is 0.0530. The molecule has 0 unspecified atom stereocenters. The van der Waals surface area contributed by atoms with Gasteiger partial charge in [-0.05, 0) is 24.1 Å². The van der Waals surface area contributed by atoms with Crippen molar-refractivity contribution in [3.8, 4) is 5.75 Å². The first-order valence-corrected chi connectivity index (χ1v) is 6.81. The molecule has 0 aliphatic rings. The number of aromatic nitrogens is 1. The van der Waals surface area contributed by atoms with Gasteiger partial charge in [0.1, 0.15) is 11.6 Å². The minimum Gasteiger partial charge on any atom is -0.496 e. The van der Waals surface area contributed by atoms with Crippen molar-refractivity contribution in [2.45, 2.75) is 13.8 Å². The summed E-state index contributed by atoms with van der Waals surface area (Å²) in [6.45, 7) is 5.82. The molecule has 1 heterocycles. The Morgan fingerprint density at radius 3 is 2.65 bits per heavy atom. The van der Waals surface area contributed by atoms with Crippen molar-refractivity contribution in [1.29, 1.82) is 0 Å². The summed E-state index contributed by atoms with van der Waals surface area (Å²) >= 11 is 0. The maximum atomic E-state index is 5.82. The molecule has 20 heavy (non-hydrogen) atoms. The van der Waals surface area contributed by atoms with E-state index in [1.165, 1.54) is 0 Å². The smallest absolute Gasteiger partial charge is 0.136 e. The maximum Gasteiger partial charge on any atom is 0.136 e. The molecule has 0 amide bonds. The molecule has 1 aromatic heterocycles. The van der Waals surface area contributed by atoms with Crippen molar-refractivity contribution >= 4 is 16.6 Å². The van der Waals surface area contributed by atoms with Crippen LogP contribution in [-0.2, 0) is 0 Å². The van der Waals surface area contributed by atoms with Crippen LogP contribution in [0.3, 0.4) is 0 Å². The number of hydrogen-bond donors (Lipinski definition) is 1. The summed E-state index contributed by atoms with van der Waals surface area (Å²) < 4.78 is 5.42. The topological polar surface area (TPSA) is 51.4 Å². The van der Waals surface area contributed by atoms with Gasteiger partial charge in [0.15, 0.2) is 0 Å². The van der Waals surface area contributed by atoms with Gasteiger partial charge in [-0.3, -0.25) is 0 Å². The van der Waals surface area contributed by atoms with Gasteiger partial charge in [-0.2, -0.15) is 0 Å². The first kappa shape index (κ1) is 14.6. The van der Waals surface area contributed by atoms with Crippen LogP contribution in [0.5, 0.6) is 5.75 Å². The number of methoxy groups -OCH3 is 1. The fraction of sp³-hybridized carbons (Fsp3) is 0.438. The Balaban J connectivity index is 2.45. The van der Waals surface area contributed by atoms with Gasteiger partial charge in [0.05, 0.1) is 7.11 Å². The second kappa shape index (κ2) is 5.67. The van der Waals surface area contributed by atoms with Crippen LogP contribution in [0, 0.1) is 5.41 Å². The van der Waals surface area contributed by atoms with E-state index in [0.29, 0.717) is 6.54 Å². The lowest BCUT2D eigenvalue weighted by molar-refractivity contribution is 0.384. The van der Waals surface area contributed by atoms with Crippen molar-refractivity contribution in [3.63, 3.8) is 0 Å². The van der Waals surface area contributed by atoms with E-state index < -0.39 is 0 Å². The van der Waals surface area contributed by atoms with E-state index in [0.717, 1.165) is 28.9 Å². The molecule has 0 spiro atoms. The molecular weight excluding hydrogens is 250 g/mol. The van der Waals surface area contributed by atoms with Crippen LogP contribution in [0.1, 0.15) is 13.8 Å². The molecule has 0 fully saturated rings. The van der Waals surface area contributed by atoms with Gasteiger partial charge in [0.25, 0.3) is 0 Å². The van der Waals surface area contributed by atoms with E-state index in [-0.39, 0.29) is 5.41 Å². The van der Waals surface area contributed by atoms with Crippen molar-refractivity contribution in [3.05, 3.63) is 30.5 Å². The number of nitrogens with zero attached hydrogens (tertiary/aromatic N) is 2. The summed E-state index contributed by atoms with van der Waals surface area (Å²) in [4.78, 5) is 6.69. The van der Waals surface area contributed by atoms with E-state index in [1.807, 2.05) is 24.4 Å². The van der Waals surface area contributed by atoms with Crippen molar-refractivity contribution < 1.29 is 4.74 Å². The zero-order valence-electron chi connectivity index (χ0n) is 12.7. The third-order valence-electron chi connectivity index (χ3n) is 3.54. The number of nitrogens with two attached hydrogens (primary N) is 1. The summed E-state index contributed by atoms with van der Waals surface area (Å²) in [5.74, 6) is 1.83. The first-order valence-electron chi connectivity index (χ1n) is 6.81. The molecule has 0 aliphatic heterocycles. The molecule has 4 nitrogen and oxygen atoms in total. The Morgan fingerprint density at radius 2 is 2.00 bits per heavy atom. The van der Waals surface area contributed by atoms with Crippen molar-refractivity contribution in [1.82, 2.24) is 4.98 Å². The molecule has 4 heteroatoms. The predicted octanol–water partition coefficient (Wildman–Crippen LogP) is 2.66. The normalized spacial score (nSPS) is 11.7. The largest absolute Gasteiger partial charge is 0.496 e. The van der Waals surface area contributed by atoms with Gasteiger partial charge in [0.2, 0.25) is 0 Å². The lowest BCUT2D eigenvalue weighted by atomic mass is 9.93. The molecule has 108 valence electrons. The molecule has 0 saturated carbocycles. The number of ether oxygens (including phenoxy) is 1. The number of fused-ring (bicyclic) bond motifs is 1. The predicted molar refractivity (Wildman–Crippen MR) is 84.4 cm³/mol. The maximum absolute atomic E-state index is 5.82. The highest BCUT2D eigenvalue weighted by Gasteiger charge is 2.20. The fourth-order valence-corrected chi connectivity index (χ4v) is 2.43. The zero-order chi connectivity index (χ0) is 14.8. The Hall–Kier alpha value is -1.81. The lowest BCUT2D eigenvalue weighted by Gasteiger charge is -2.30. The average Bonchev–Trinajstić information content (AvgIpc) is 2.45. The summed E-state index contributed by atoms with van der Waals surface area (Å²) in [6.07, 6.45) is 1.83. The van der Waals surface area contributed by atoms with Crippen LogP contribution in [-0.4, -0.2) is 32.2 Å². The van der Waals surface area contributed by atoms with E-state index in [9.17, 15) is 0 Å². The number of pyridine rings is 1. The van der Waals surface area contributed by atoms with Gasteiger partial charge in [-0.25, -0.2) is 4.98 Å². The number of benzene rings is 1. The monoisotopic (exact) mass is 273 g/mol. The lowest BCUT2D eigenvalue weighted by Crippen LogP contribution is -2.37. The summed E-state index contributed by atoms with van der Waals surface area (Å²) in [6, 6.07) is 8.02. The van der Waals surface area contributed by atoms with E-state index in [4.69, 9.17) is 10.5 Å². The first-order chi connectivity index (χ1) is 9.48. The molecule has 1 aromatic carbocycles. The van der Waals surface area contributed by atoms with Crippen molar-refractivity contribution in [2.24, 2.45) is 11.1 Å². The highest BCUT2D eigenvalue weighted by atomic mass is 16.5. The summed E-state index contributed by atoms with van der Waals surface area (Å²) in [7, 11) is 3.74. The third-order valence-corrected chi connectivity index (χ3v) is 3.54. The number of hydrogen-bond acceptors (Lipinski definition) is 4. The quantitative estimate of drug-likeness (QED) is 0.910. The molecule has 0 bridgehead atoms. The van der Waals surface area contributed by atoms with Gasteiger partial charge in [0, 0.05) is 30.6 Å². The molecular formula is C16H23N3O. The Labute approximate surface area is 120 Å². The van der Waals surface area contributed by atoms with Crippen LogP contribution in [0.15, 0.2) is 30.5 Å².